The molecule has 0 aliphatic rings. The molecule has 0 atom stereocenters. The van der Waals surface area contributed by atoms with Crippen LogP contribution in [0.4, 0.5) is 11.6 Å². The van der Waals surface area contributed by atoms with Gasteiger partial charge in [-0.15, -0.1) is 0 Å². The molecule has 3 N–H and O–H groups in total. The van der Waals surface area contributed by atoms with Crippen molar-refractivity contribution in [2.45, 2.75) is 6.92 Å². The molecule has 1 aromatic carbocycles. The van der Waals surface area contributed by atoms with Gasteiger partial charge in [-0.2, -0.15) is 0 Å². The summed E-state index contributed by atoms with van der Waals surface area (Å²) in [6.45, 7) is 1.47. The summed E-state index contributed by atoms with van der Waals surface area (Å²) >= 11 is 0. The molecule has 9 nitrogen and oxygen atoms in total. The van der Waals surface area contributed by atoms with Crippen molar-refractivity contribution in [1.29, 1.82) is 0 Å². The molecule has 0 aliphatic carbocycles. The number of phenols is 1. The van der Waals surface area contributed by atoms with Crippen LogP contribution in [0.15, 0.2) is 28.7 Å². The lowest BCUT2D eigenvalue weighted by molar-refractivity contribution is -0.402. The van der Waals surface area contributed by atoms with E-state index >= 15 is 0 Å². The highest BCUT2D eigenvalue weighted by Crippen LogP contribution is 2.27. The summed E-state index contributed by atoms with van der Waals surface area (Å²) in [5, 5.41) is 31.4. The van der Waals surface area contributed by atoms with Gasteiger partial charge in [-0.05, 0) is 30.7 Å². The molecule has 1 heterocycles. The number of aromatic carboxylic acids is 1. The van der Waals surface area contributed by atoms with Crippen LogP contribution in [0.2, 0.25) is 0 Å². The molecule has 9 heteroatoms. The lowest BCUT2D eigenvalue weighted by atomic mass is 10.1. The van der Waals surface area contributed by atoms with Crippen molar-refractivity contribution in [1.82, 2.24) is 0 Å². The first-order valence-corrected chi connectivity index (χ1v) is 5.92. The molecule has 0 spiro atoms. The van der Waals surface area contributed by atoms with Crippen LogP contribution in [0.25, 0.3) is 0 Å². The van der Waals surface area contributed by atoms with Gasteiger partial charge >= 0.3 is 11.9 Å². The van der Waals surface area contributed by atoms with Crippen molar-refractivity contribution in [3.63, 3.8) is 0 Å². The zero-order valence-electron chi connectivity index (χ0n) is 11.2. The number of carboxylic acid groups (broad SMARTS) is 1. The molecule has 0 fully saturated rings. The fourth-order valence-electron chi connectivity index (χ4n) is 1.76. The highest BCUT2D eigenvalue weighted by molar-refractivity contribution is 6.03. The van der Waals surface area contributed by atoms with Gasteiger partial charge in [0, 0.05) is 5.69 Å². The number of carbonyl (C=O) groups is 2. The van der Waals surface area contributed by atoms with Gasteiger partial charge in [-0.25, -0.2) is 4.79 Å². The first-order valence-electron chi connectivity index (χ1n) is 5.92. The number of benzene rings is 1. The lowest BCUT2D eigenvalue weighted by Gasteiger charge is -2.08. The van der Waals surface area contributed by atoms with Crippen LogP contribution in [-0.2, 0) is 0 Å². The Morgan fingerprint density at radius 2 is 2.00 bits per heavy atom. The number of carboxylic acids is 1. The minimum Gasteiger partial charge on any atom is -0.507 e. The van der Waals surface area contributed by atoms with E-state index in [-0.39, 0.29) is 22.6 Å². The van der Waals surface area contributed by atoms with E-state index in [9.17, 15) is 24.8 Å². The third-order valence-electron chi connectivity index (χ3n) is 2.78. The Balaban J connectivity index is 2.28. The number of carbonyl (C=O) groups excluding carboxylic acids is 1. The molecule has 22 heavy (non-hydrogen) atoms. The number of amides is 1. The molecule has 0 unspecified atom stereocenters. The summed E-state index contributed by atoms with van der Waals surface area (Å²) < 4.78 is 4.73. The summed E-state index contributed by atoms with van der Waals surface area (Å²) in [6.07, 6.45) is 0. The van der Waals surface area contributed by atoms with Gasteiger partial charge in [-0.1, -0.05) is 0 Å². The maximum atomic E-state index is 11.9. The highest BCUT2D eigenvalue weighted by atomic mass is 16.6. The van der Waals surface area contributed by atoms with E-state index in [1.165, 1.54) is 13.0 Å². The van der Waals surface area contributed by atoms with Crippen molar-refractivity contribution in [3.8, 4) is 5.75 Å². The molecule has 0 aliphatic heterocycles. The van der Waals surface area contributed by atoms with Crippen LogP contribution in [0.5, 0.6) is 5.75 Å². The number of hydrogen-bond donors (Lipinski definition) is 3. The number of furan rings is 1. The Bertz CT molecular complexity index is 779. The number of rotatable bonds is 4. The molecule has 114 valence electrons. The zero-order chi connectivity index (χ0) is 16.4. The monoisotopic (exact) mass is 306 g/mol. The third-order valence-corrected chi connectivity index (χ3v) is 2.78. The smallest absolute Gasteiger partial charge is 0.433 e. The van der Waals surface area contributed by atoms with E-state index in [0.29, 0.717) is 0 Å². The van der Waals surface area contributed by atoms with Crippen LogP contribution >= 0.6 is 0 Å². The predicted molar refractivity (Wildman–Crippen MR) is 73.1 cm³/mol. The fraction of sp³-hybridized carbons (Fsp3) is 0.0769. The van der Waals surface area contributed by atoms with E-state index in [1.54, 1.807) is 0 Å². The Morgan fingerprint density at radius 3 is 2.55 bits per heavy atom. The number of nitrogens with one attached hydrogen (secondary N) is 1. The SMILES string of the molecule is Cc1cc(NC(=O)c2ccc([N+](=O)[O-])o2)cc(C(=O)O)c1O. The molecule has 0 bridgehead atoms. The number of hydrogen-bond acceptors (Lipinski definition) is 6. The summed E-state index contributed by atoms with van der Waals surface area (Å²) in [6, 6.07) is 4.58. The van der Waals surface area contributed by atoms with Crippen molar-refractivity contribution in [3.05, 3.63) is 51.3 Å². The number of nitro groups is 1. The second-order valence-electron chi connectivity index (χ2n) is 4.34. The molecule has 1 amide bonds. The first kappa shape index (κ1) is 15.0. The maximum absolute atomic E-state index is 11.9. The molecule has 1 aromatic heterocycles. The predicted octanol–water partition coefficient (Wildman–Crippen LogP) is 2.15. The number of aryl methyl sites for hydroxylation is 1. The molecule has 0 saturated heterocycles. The Labute approximate surface area is 122 Å². The topological polar surface area (TPSA) is 143 Å². The van der Waals surface area contributed by atoms with Crippen molar-refractivity contribution in [2.24, 2.45) is 0 Å². The van der Waals surface area contributed by atoms with Gasteiger partial charge < -0.3 is 19.9 Å². The highest BCUT2D eigenvalue weighted by Gasteiger charge is 2.19. The Morgan fingerprint density at radius 1 is 1.32 bits per heavy atom. The molecule has 2 rings (SSSR count). The van der Waals surface area contributed by atoms with Crippen LogP contribution < -0.4 is 5.32 Å². The average molecular weight is 306 g/mol. The van der Waals surface area contributed by atoms with Gasteiger partial charge in [0.15, 0.2) is 5.76 Å². The summed E-state index contributed by atoms with van der Waals surface area (Å²) in [5.41, 5.74) is -0.0156. The molecule has 0 radical (unpaired) electrons. The average Bonchev–Trinajstić information content (AvgIpc) is 2.92. The van der Waals surface area contributed by atoms with Gasteiger partial charge in [-0.3, -0.25) is 14.9 Å². The molecular formula is C13H10N2O7. The minimum absolute atomic E-state index is 0.108. The minimum atomic E-state index is -1.36. The van der Waals surface area contributed by atoms with E-state index < -0.39 is 28.4 Å². The Hall–Kier alpha value is -3.36. The summed E-state index contributed by atoms with van der Waals surface area (Å²) in [7, 11) is 0. The third kappa shape index (κ3) is 2.87. The van der Waals surface area contributed by atoms with Crippen molar-refractivity contribution < 1.29 is 29.1 Å². The van der Waals surface area contributed by atoms with Gasteiger partial charge in [0.1, 0.15) is 16.2 Å². The zero-order valence-corrected chi connectivity index (χ0v) is 11.2. The molecule has 2 aromatic rings. The fourth-order valence-corrected chi connectivity index (χ4v) is 1.76. The van der Waals surface area contributed by atoms with E-state index in [2.05, 4.69) is 5.32 Å². The first-order chi connectivity index (χ1) is 10.3. The number of aromatic hydroxyl groups is 1. The quantitative estimate of drug-likeness (QED) is 0.446. The van der Waals surface area contributed by atoms with E-state index in [1.807, 2.05) is 0 Å². The number of anilines is 1. The van der Waals surface area contributed by atoms with Crippen molar-refractivity contribution >= 4 is 23.4 Å². The van der Waals surface area contributed by atoms with E-state index in [4.69, 9.17) is 9.52 Å². The largest absolute Gasteiger partial charge is 0.507 e. The van der Waals surface area contributed by atoms with Crippen LogP contribution in [0, 0.1) is 17.0 Å². The van der Waals surface area contributed by atoms with Crippen LogP contribution in [0.3, 0.4) is 0 Å². The summed E-state index contributed by atoms with van der Waals surface area (Å²) in [5.74, 6) is -3.42. The van der Waals surface area contributed by atoms with Crippen LogP contribution in [-0.4, -0.2) is 27.0 Å². The maximum Gasteiger partial charge on any atom is 0.433 e. The second kappa shape index (κ2) is 5.56. The van der Waals surface area contributed by atoms with Gasteiger partial charge in [0.05, 0.1) is 6.07 Å². The van der Waals surface area contributed by atoms with Crippen LogP contribution in [0.1, 0.15) is 26.5 Å². The summed E-state index contributed by atoms with van der Waals surface area (Å²) in [4.78, 5) is 32.6. The molecular weight excluding hydrogens is 296 g/mol. The van der Waals surface area contributed by atoms with E-state index in [0.717, 1.165) is 18.2 Å². The lowest BCUT2D eigenvalue weighted by Crippen LogP contribution is -2.12. The normalized spacial score (nSPS) is 10.2. The molecule has 0 saturated carbocycles. The van der Waals surface area contributed by atoms with Crippen molar-refractivity contribution in [2.75, 3.05) is 5.32 Å². The van der Waals surface area contributed by atoms with Gasteiger partial charge in [0.25, 0.3) is 5.91 Å². The Kier molecular flexibility index (Phi) is 3.80. The van der Waals surface area contributed by atoms with Gasteiger partial charge in [0.2, 0.25) is 0 Å². The second-order valence-corrected chi connectivity index (χ2v) is 4.34. The standard InChI is InChI=1S/C13H10N2O7/c1-6-4-7(5-8(11(6)16)13(18)19)14-12(17)9-2-3-10(22-9)15(20)21/h2-5,16H,1H3,(H,14,17)(H,18,19). The number of nitrogens with zero attached hydrogens (tertiary/aromatic N) is 1.